The van der Waals surface area contributed by atoms with Gasteiger partial charge in [-0.25, -0.2) is 14.8 Å². The van der Waals surface area contributed by atoms with E-state index < -0.39 is 5.97 Å². The standard InChI is InChI=1S/C12H10N2O3S/c15-12(16)7-1-2-9-10(3-7)13-6-14-11(9)18-8-4-17-5-8/h1-3,6,8H,4-5H2,(H,15,16). The molecule has 6 heteroatoms. The fourth-order valence-electron chi connectivity index (χ4n) is 1.70. The number of thioether (sulfide) groups is 1. The highest BCUT2D eigenvalue weighted by Gasteiger charge is 2.21. The molecule has 0 saturated carbocycles. The molecule has 2 heterocycles. The number of rotatable bonds is 3. The van der Waals surface area contributed by atoms with Crippen LogP contribution in [0, 0.1) is 0 Å². The molecule has 1 N–H and O–H groups in total. The summed E-state index contributed by atoms with van der Waals surface area (Å²) in [6.07, 6.45) is 1.47. The van der Waals surface area contributed by atoms with Gasteiger partial charge in [-0.2, -0.15) is 0 Å². The van der Waals surface area contributed by atoms with Crippen molar-refractivity contribution >= 4 is 28.6 Å². The van der Waals surface area contributed by atoms with Crippen molar-refractivity contribution in [3.8, 4) is 0 Å². The second kappa shape index (κ2) is 4.55. The third kappa shape index (κ3) is 2.04. The van der Waals surface area contributed by atoms with Gasteiger partial charge in [0.1, 0.15) is 11.4 Å². The molecule has 0 bridgehead atoms. The van der Waals surface area contributed by atoms with Gasteiger partial charge in [0.05, 0.1) is 29.5 Å². The normalized spacial score (nSPS) is 15.6. The van der Waals surface area contributed by atoms with E-state index in [9.17, 15) is 4.79 Å². The summed E-state index contributed by atoms with van der Waals surface area (Å²) < 4.78 is 5.13. The maximum absolute atomic E-state index is 10.9. The Bertz CT molecular complexity index is 613. The van der Waals surface area contributed by atoms with E-state index in [-0.39, 0.29) is 5.56 Å². The Balaban J connectivity index is 2.01. The van der Waals surface area contributed by atoms with E-state index in [0.29, 0.717) is 10.8 Å². The lowest BCUT2D eigenvalue weighted by atomic mass is 10.1. The molecule has 1 saturated heterocycles. The van der Waals surface area contributed by atoms with Crippen LogP contribution in [0.1, 0.15) is 10.4 Å². The van der Waals surface area contributed by atoms with E-state index in [2.05, 4.69) is 9.97 Å². The lowest BCUT2D eigenvalue weighted by molar-refractivity contribution is 0.0455. The van der Waals surface area contributed by atoms with Gasteiger partial charge in [-0.1, -0.05) is 11.8 Å². The Labute approximate surface area is 107 Å². The zero-order valence-electron chi connectivity index (χ0n) is 9.37. The monoisotopic (exact) mass is 262 g/mol. The molecule has 0 aliphatic carbocycles. The Morgan fingerprint density at radius 3 is 2.89 bits per heavy atom. The van der Waals surface area contributed by atoms with Crippen LogP contribution < -0.4 is 0 Å². The third-order valence-electron chi connectivity index (χ3n) is 2.73. The van der Waals surface area contributed by atoms with Crippen molar-refractivity contribution in [2.45, 2.75) is 10.3 Å². The van der Waals surface area contributed by atoms with Crippen LogP contribution in [0.4, 0.5) is 0 Å². The summed E-state index contributed by atoms with van der Waals surface area (Å²) in [7, 11) is 0. The maximum Gasteiger partial charge on any atom is 0.335 e. The van der Waals surface area contributed by atoms with Crippen LogP contribution in [-0.4, -0.2) is 39.5 Å². The predicted molar refractivity (Wildman–Crippen MR) is 67.0 cm³/mol. The number of carboxylic acid groups (broad SMARTS) is 1. The van der Waals surface area contributed by atoms with Crippen molar-refractivity contribution in [1.82, 2.24) is 9.97 Å². The molecule has 92 valence electrons. The predicted octanol–water partition coefficient (Wildman–Crippen LogP) is 1.82. The van der Waals surface area contributed by atoms with E-state index in [1.54, 1.807) is 30.0 Å². The molecule has 0 radical (unpaired) electrons. The number of carbonyl (C=O) groups is 1. The summed E-state index contributed by atoms with van der Waals surface area (Å²) in [6.45, 7) is 1.48. The quantitative estimate of drug-likeness (QED) is 0.851. The molecule has 1 aliphatic rings. The van der Waals surface area contributed by atoms with Crippen molar-refractivity contribution in [1.29, 1.82) is 0 Å². The van der Waals surface area contributed by atoms with E-state index >= 15 is 0 Å². The van der Waals surface area contributed by atoms with Gasteiger partial charge >= 0.3 is 5.97 Å². The molecule has 1 aromatic carbocycles. The number of aromatic carboxylic acids is 1. The number of hydrogen-bond donors (Lipinski definition) is 1. The first-order valence-electron chi connectivity index (χ1n) is 5.46. The summed E-state index contributed by atoms with van der Waals surface area (Å²) in [5.41, 5.74) is 0.900. The minimum absolute atomic E-state index is 0.240. The van der Waals surface area contributed by atoms with Crippen LogP contribution in [0.5, 0.6) is 0 Å². The van der Waals surface area contributed by atoms with Crippen molar-refractivity contribution in [3.63, 3.8) is 0 Å². The highest BCUT2D eigenvalue weighted by Crippen LogP contribution is 2.31. The molecule has 0 spiro atoms. The van der Waals surface area contributed by atoms with Crippen LogP contribution in [-0.2, 0) is 4.74 Å². The highest BCUT2D eigenvalue weighted by molar-refractivity contribution is 8.00. The number of benzene rings is 1. The number of ether oxygens (including phenoxy) is 1. The molecule has 18 heavy (non-hydrogen) atoms. The van der Waals surface area contributed by atoms with Gasteiger partial charge in [-0.3, -0.25) is 0 Å². The zero-order chi connectivity index (χ0) is 12.5. The Hall–Kier alpha value is -1.66. The molecule has 0 amide bonds. The van der Waals surface area contributed by atoms with Crippen LogP contribution in [0.15, 0.2) is 29.6 Å². The number of nitrogens with zero attached hydrogens (tertiary/aromatic N) is 2. The van der Waals surface area contributed by atoms with Crippen LogP contribution in [0.2, 0.25) is 0 Å². The number of fused-ring (bicyclic) bond motifs is 1. The molecule has 2 aromatic rings. The first-order valence-corrected chi connectivity index (χ1v) is 6.34. The zero-order valence-corrected chi connectivity index (χ0v) is 10.2. The molecule has 1 aliphatic heterocycles. The van der Waals surface area contributed by atoms with Crippen LogP contribution >= 0.6 is 11.8 Å². The summed E-state index contributed by atoms with van der Waals surface area (Å²) in [5, 5.41) is 11.1. The van der Waals surface area contributed by atoms with Crippen LogP contribution in [0.25, 0.3) is 10.9 Å². The van der Waals surface area contributed by atoms with Crippen molar-refractivity contribution < 1.29 is 14.6 Å². The average molecular weight is 262 g/mol. The molecular formula is C12H10N2O3S. The van der Waals surface area contributed by atoms with Crippen molar-refractivity contribution in [3.05, 3.63) is 30.1 Å². The van der Waals surface area contributed by atoms with E-state index in [1.807, 2.05) is 0 Å². The first-order chi connectivity index (χ1) is 8.74. The average Bonchev–Trinajstić information content (AvgIpc) is 2.33. The molecular weight excluding hydrogens is 252 g/mol. The van der Waals surface area contributed by atoms with E-state index in [1.165, 1.54) is 6.33 Å². The molecule has 5 nitrogen and oxygen atoms in total. The lowest BCUT2D eigenvalue weighted by Crippen LogP contribution is -2.30. The number of hydrogen-bond acceptors (Lipinski definition) is 5. The summed E-state index contributed by atoms with van der Waals surface area (Å²) >= 11 is 1.65. The summed E-state index contributed by atoms with van der Waals surface area (Å²) in [5.74, 6) is -0.947. The molecule has 0 unspecified atom stereocenters. The minimum atomic E-state index is -0.947. The number of carboxylic acids is 1. The lowest BCUT2D eigenvalue weighted by Gasteiger charge is -2.24. The Kier molecular flexibility index (Phi) is 2.89. The fourth-order valence-corrected chi connectivity index (χ4v) is 2.75. The highest BCUT2D eigenvalue weighted by atomic mass is 32.2. The van der Waals surface area contributed by atoms with Gasteiger partial charge in [-0.15, -0.1) is 0 Å². The smallest absolute Gasteiger partial charge is 0.335 e. The largest absolute Gasteiger partial charge is 0.478 e. The molecule has 3 rings (SSSR count). The SMILES string of the molecule is O=C(O)c1ccc2c(SC3COC3)ncnc2c1. The van der Waals surface area contributed by atoms with Gasteiger partial charge in [0.2, 0.25) is 0 Å². The second-order valence-electron chi connectivity index (χ2n) is 3.99. The van der Waals surface area contributed by atoms with Crippen molar-refractivity contribution in [2.75, 3.05) is 13.2 Å². The van der Waals surface area contributed by atoms with E-state index in [4.69, 9.17) is 9.84 Å². The Morgan fingerprint density at radius 2 is 2.22 bits per heavy atom. The molecule has 1 aromatic heterocycles. The third-order valence-corrected chi connectivity index (χ3v) is 3.89. The van der Waals surface area contributed by atoms with Crippen LogP contribution in [0.3, 0.4) is 0 Å². The second-order valence-corrected chi connectivity index (χ2v) is 5.28. The summed E-state index contributed by atoms with van der Waals surface area (Å²) in [4.78, 5) is 19.3. The number of aromatic nitrogens is 2. The fraction of sp³-hybridized carbons (Fsp3) is 0.250. The summed E-state index contributed by atoms with van der Waals surface area (Å²) in [6, 6.07) is 4.91. The Morgan fingerprint density at radius 1 is 1.39 bits per heavy atom. The van der Waals surface area contributed by atoms with Gasteiger partial charge in [0.15, 0.2) is 0 Å². The minimum Gasteiger partial charge on any atom is -0.478 e. The van der Waals surface area contributed by atoms with E-state index in [0.717, 1.165) is 23.6 Å². The van der Waals surface area contributed by atoms with Gasteiger partial charge in [0.25, 0.3) is 0 Å². The maximum atomic E-state index is 10.9. The topological polar surface area (TPSA) is 72.3 Å². The van der Waals surface area contributed by atoms with Gasteiger partial charge in [0, 0.05) is 5.39 Å². The molecule has 0 atom stereocenters. The van der Waals surface area contributed by atoms with Crippen molar-refractivity contribution in [2.24, 2.45) is 0 Å². The van der Waals surface area contributed by atoms with Gasteiger partial charge in [-0.05, 0) is 18.2 Å². The molecule has 1 fully saturated rings. The van der Waals surface area contributed by atoms with Gasteiger partial charge < -0.3 is 9.84 Å². The first kappa shape index (κ1) is 11.4.